The molecule has 0 spiro atoms. The van der Waals surface area contributed by atoms with E-state index < -0.39 is 0 Å². The molecule has 21 heavy (non-hydrogen) atoms. The summed E-state index contributed by atoms with van der Waals surface area (Å²) in [5.74, 6) is 0.510. The number of hydrogen-bond acceptors (Lipinski definition) is 2. The minimum atomic E-state index is -0.226. The summed E-state index contributed by atoms with van der Waals surface area (Å²) in [6.07, 6.45) is 2.42. The minimum Gasteiger partial charge on any atom is -0.489 e. The number of nitrogens with one attached hydrogen (secondary N) is 1. The van der Waals surface area contributed by atoms with Crippen LogP contribution >= 0.6 is 15.9 Å². The first-order chi connectivity index (χ1) is 10.2. The zero-order valence-corrected chi connectivity index (χ0v) is 13.2. The Morgan fingerprint density at radius 1 is 1.14 bits per heavy atom. The topological polar surface area (TPSA) is 21.3 Å². The summed E-state index contributed by atoms with van der Waals surface area (Å²) in [4.78, 5) is 0. The molecule has 2 nitrogen and oxygen atoms in total. The first kappa shape index (κ1) is 14.5. The highest BCUT2D eigenvalue weighted by molar-refractivity contribution is 9.10. The summed E-state index contributed by atoms with van der Waals surface area (Å²) in [6, 6.07) is 13.2. The summed E-state index contributed by atoms with van der Waals surface area (Å²) in [5.41, 5.74) is 1.94. The van der Waals surface area contributed by atoms with Crippen LogP contribution in [-0.4, -0.2) is 6.04 Å². The Hall–Kier alpha value is -1.39. The van der Waals surface area contributed by atoms with Crippen molar-refractivity contribution in [3.63, 3.8) is 0 Å². The van der Waals surface area contributed by atoms with Crippen molar-refractivity contribution in [2.24, 2.45) is 0 Å². The van der Waals surface area contributed by atoms with Crippen molar-refractivity contribution in [1.29, 1.82) is 0 Å². The van der Waals surface area contributed by atoms with Crippen LogP contribution in [0.1, 0.15) is 24.0 Å². The fourth-order valence-electron chi connectivity index (χ4n) is 2.14. The van der Waals surface area contributed by atoms with E-state index in [9.17, 15) is 4.39 Å². The molecular weight excluding hydrogens is 333 g/mol. The van der Waals surface area contributed by atoms with Crippen molar-refractivity contribution in [3.8, 4) is 5.75 Å². The standard InChI is InChI=1S/C17H17BrFNO/c18-16-4-2-1-3-12(16)11-21-17-8-5-14(19)9-13(17)10-20-15-6-7-15/h1-5,8-9,15,20H,6-7,10-11H2. The Bertz CT molecular complexity index is 628. The predicted octanol–water partition coefficient (Wildman–Crippen LogP) is 4.42. The third-order valence-electron chi connectivity index (χ3n) is 3.52. The maximum absolute atomic E-state index is 13.4. The number of benzene rings is 2. The molecule has 0 unspecified atom stereocenters. The van der Waals surface area contributed by atoms with Gasteiger partial charge in [0.15, 0.2) is 0 Å². The molecule has 0 amide bonds. The van der Waals surface area contributed by atoms with Gasteiger partial charge in [0.05, 0.1) is 0 Å². The number of rotatable bonds is 6. The molecule has 1 N–H and O–H groups in total. The third-order valence-corrected chi connectivity index (χ3v) is 4.30. The number of ether oxygens (including phenoxy) is 1. The van der Waals surface area contributed by atoms with Gasteiger partial charge >= 0.3 is 0 Å². The largest absolute Gasteiger partial charge is 0.489 e. The molecule has 0 bridgehead atoms. The van der Waals surface area contributed by atoms with Crippen molar-refractivity contribution in [2.75, 3.05) is 0 Å². The van der Waals surface area contributed by atoms with Gasteiger partial charge in [-0.15, -0.1) is 0 Å². The van der Waals surface area contributed by atoms with Crippen molar-refractivity contribution in [2.45, 2.75) is 32.0 Å². The van der Waals surface area contributed by atoms with Crippen molar-refractivity contribution in [3.05, 3.63) is 63.9 Å². The van der Waals surface area contributed by atoms with Crippen molar-refractivity contribution >= 4 is 15.9 Å². The Kier molecular flexibility index (Phi) is 4.56. The highest BCUT2D eigenvalue weighted by Crippen LogP contribution is 2.25. The summed E-state index contributed by atoms with van der Waals surface area (Å²) in [7, 11) is 0. The molecule has 0 saturated heterocycles. The third kappa shape index (κ3) is 4.05. The molecule has 110 valence electrons. The highest BCUT2D eigenvalue weighted by atomic mass is 79.9. The van der Waals surface area contributed by atoms with Crippen molar-refractivity contribution < 1.29 is 9.13 Å². The Labute approximate surface area is 132 Å². The molecular formula is C17H17BrFNO. The predicted molar refractivity (Wildman–Crippen MR) is 84.7 cm³/mol. The van der Waals surface area contributed by atoms with Gasteiger partial charge in [-0.05, 0) is 37.1 Å². The lowest BCUT2D eigenvalue weighted by atomic mass is 10.2. The number of hydrogen-bond donors (Lipinski definition) is 1. The molecule has 0 aromatic heterocycles. The van der Waals surface area contributed by atoms with E-state index >= 15 is 0 Å². The average Bonchev–Trinajstić information content (AvgIpc) is 3.30. The lowest BCUT2D eigenvalue weighted by molar-refractivity contribution is 0.300. The molecule has 1 aliphatic carbocycles. The van der Waals surface area contributed by atoms with Crippen LogP contribution in [0.3, 0.4) is 0 Å². The lowest BCUT2D eigenvalue weighted by Crippen LogP contribution is -2.16. The van der Waals surface area contributed by atoms with Crippen molar-refractivity contribution in [1.82, 2.24) is 5.32 Å². The van der Waals surface area contributed by atoms with E-state index in [2.05, 4.69) is 21.2 Å². The SMILES string of the molecule is Fc1ccc(OCc2ccccc2Br)c(CNC2CC2)c1. The average molecular weight is 350 g/mol. The van der Waals surface area contributed by atoms with E-state index in [0.29, 0.717) is 19.2 Å². The molecule has 1 saturated carbocycles. The van der Waals surface area contributed by atoms with E-state index in [1.165, 1.54) is 18.9 Å². The van der Waals surface area contributed by atoms with Gasteiger partial charge in [-0.2, -0.15) is 0 Å². The fraction of sp³-hybridized carbons (Fsp3) is 0.294. The van der Waals surface area contributed by atoms with E-state index in [1.54, 1.807) is 12.1 Å². The Balaban J connectivity index is 1.70. The molecule has 2 aromatic carbocycles. The molecule has 0 radical (unpaired) electrons. The summed E-state index contributed by atoms with van der Waals surface area (Å²) >= 11 is 3.51. The first-order valence-electron chi connectivity index (χ1n) is 7.10. The van der Waals surface area contributed by atoms with Crippen LogP contribution in [0.25, 0.3) is 0 Å². The smallest absolute Gasteiger partial charge is 0.124 e. The van der Waals surface area contributed by atoms with Crippen LogP contribution in [0.2, 0.25) is 0 Å². The maximum Gasteiger partial charge on any atom is 0.124 e. The second kappa shape index (κ2) is 6.58. The summed E-state index contributed by atoms with van der Waals surface area (Å²) in [6.45, 7) is 1.11. The molecule has 1 fully saturated rings. The molecule has 0 heterocycles. The Morgan fingerprint density at radius 3 is 2.71 bits per heavy atom. The van der Waals surface area contributed by atoms with Gasteiger partial charge in [0, 0.05) is 28.2 Å². The first-order valence-corrected chi connectivity index (χ1v) is 7.89. The fourth-order valence-corrected chi connectivity index (χ4v) is 2.54. The summed E-state index contributed by atoms with van der Waals surface area (Å²) in [5, 5.41) is 3.39. The zero-order chi connectivity index (χ0) is 14.7. The molecule has 4 heteroatoms. The second-order valence-corrected chi connectivity index (χ2v) is 6.14. The molecule has 0 aliphatic heterocycles. The van der Waals surface area contributed by atoms with Gasteiger partial charge < -0.3 is 10.1 Å². The van der Waals surface area contributed by atoms with E-state index in [1.807, 2.05) is 24.3 Å². The molecule has 0 atom stereocenters. The molecule has 1 aliphatic rings. The number of halogens is 2. The van der Waals surface area contributed by atoms with Gasteiger partial charge in [-0.25, -0.2) is 4.39 Å². The van der Waals surface area contributed by atoms with Crippen LogP contribution in [-0.2, 0) is 13.2 Å². The normalized spacial score (nSPS) is 14.2. The van der Waals surface area contributed by atoms with E-state index in [0.717, 1.165) is 21.3 Å². The minimum absolute atomic E-state index is 0.226. The van der Waals surface area contributed by atoms with Crippen LogP contribution < -0.4 is 10.1 Å². The Morgan fingerprint density at radius 2 is 1.95 bits per heavy atom. The molecule has 2 aromatic rings. The van der Waals surface area contributed by atoms with Crippen LogP contribution in [0.15, 0.2) is 46.9 Å². The van der Waals surface area contributed by atoms with Gasteiger partial charge in [-0.3, -0.25) is 0 Å². The second-order valence-electron chi connectivity index (χ2n) is 5.29. The monoisotopic (exact) mass is 349 g/mol. The highest BCUT2D eigenvalue weighted by Gasteiger charge is 2.20. The lowest BCUT2D eigenvalue weighted by Gasteiger charge is -2.13. The van der Waals surface area contributed by atoms with E-state index in [-0.39, 0.29) is 5.82 Å². The van der Waals surface area contributed by atoms with Gasteiger partial charge in [0.25, 0.3) is 0 Å². The van der Waals surface area contributed by atoms with Crippen LogP contribution in [0.4, 0.5) is 4.39 Å². The zero-order valence-electron chi connectivity index (χ0n) is 11.6. The molecule has 3 rings (SSSR count). The maximum atomic E-state index is 13.4. The van der Waals surface area contributed by atoms with E-state index in [4.69, 9.17) is 4.74 Å². The van der Waals surface area contributed by atoms with Crippen LogP contribution in [0, 0.1) is 5.82 Å². The quantitative estimate of drug-likeness (QED) is 0.833. The van der Waals surface area contributed by atoms with Gasteiger partial charge in [0.2, 0.25) is 0 Å². The van der Waals surface area contributed by atoms with Gasteiger partial charge in [0.1, 0.15) is 18.2 Å². The van der Waals surface area contributed by atoms with Gasteiger partial charge in [-0.1, -0.05) is 34.1 Å². The summed E-state index contributed by atoms with van der Waals surface area (Å²) < 4.78 is 20.3. The van der Waals surface area contributed by atoms with Crippen LogP contribution in [0.5, 0.6) is 5.75 Å².